The average Bonchev–Trinajstić information content (AvgIpc) is 3.30. The lowest BCUT2D eigenvalue weighted by Gasteiger charge is -2.19. The third-order valence-corrected chi connectivity index (χ3v) is 17.1. The van der Waals surface area contributed by atoms with Crippen molar-refractivity contribution < 1.29 is 9.59 Å². The first kappa shape index (κ1) is 37.6. The Bertz CT molecular complexity index is 2730. The van der Waals surface area contributed by atoms with Gasteiger partial charge < -0.3 is 0 Å². The van der Waals surface area contributed by atoms with Gasteiger partial charge in [-0.25, -0.2) is 4.99 Å². The third kappa shape index (κ3) is 7.69. The zero-order valence-corrected chi connectivity index (χ0v) is 34.1. The van der Waals surface area contributed by atoms with E-state index in [1.807, 2.05) is 42.5 Å². The van der Waals surface area contributed by atoms with Crippen LogP contribution in [-0.4, -0.2) is 22.4 Å². The number of Topliss-reactive ketones (excluding diaryl/α,β-unsaturated/α-hetero) is 1. The Morgan fingerprint density at radius 3 is 1.16 bits per heavy atom. The van der Waals surface area contributed by atoms with Gasteiger partial charge in [0.2, 0.25) is 0 Å². The van der Waals surface area contributed by atoms with Crippen LogP contribution in [0.1, 0.15) is 11.1 Å². The number of hydrogen-bond donors (Lipinski definition) is 0. The number of nitrogens with zero attached hydrogens (tertiary/aromatic N) is 2. The molecule has 9 rings (SSSR count). The molecule has 1 amide bonds. The number of rotatable bonds is 12. The largest absolute Gasteiger partial charge is 0.318 e. The molecule has 1 aliphatic heterocycles. The molecule has 0 bridgehead atoms. The average molecular weight is 808 g/mol. The van der Waals surface area contributed by atoms with Crippen LogP contribution in [0.3, 0.4) is 0 Å². The highest BCUT2D eigenvalue weighted by atomic mass is 32.2. The molecule has 0 radical (unpaired) electrons. The molecule has 7 heteroatoms. The highest BCUT2D eigenvalue weighted by molar-refractivity contribution is 7.97. The van der Waals surface area contributed by atoms with Gasteiger partial charge in [-0.2, -0.15) is 0 Å². The maximum atomic E-state index is 14.7. The van der Waals surface area contributed by atoms with Crippen LogP contribution in [0.15, 0.2) is 235 Å². The number of benzene rings is 7. The fourth-order valence-corrected chi connectivity index (χ4v) is 14.1. The minimum Gasteiger partial charge on any atom is -0.283 e. The van der Waals surface area contributed by atoms with E-state index >= 15 is 0 Å². The first-order valence-electron chi connectivity index (χ1n) is 19.2. The molecule has 0 fully saturated rings. The number of fused-ring (bicyclic) bond motifs is 3. The predicted octanol–water partition coefficient (Wildman–Crippen LogP) is 9.32. The summed E-state index contributed by atoms with van der Waals surface area (Å²) in [5.74, 6) is 0.375. The van der Waals surface area contributed by atoms with Crippen LogP contribution in [0.4, 0.5) is 0 Å². The van der Waals surface area contributed by atoms with E-state index in [-0.39, 0.29) is 10.9 Å². The van der Waals surface area contributed by atoms with Crippen molar-refractivity contribution in [1.82, 2.24) is 4.98 Å². The summed E-state index contributed by atoms with van der Waals surface area (Å²) in [7, 11) is -1.39. The predicted molar refractivity (Wildman–Crippen MR) is 239 cm³/mol. The Hall–Kier alpha value is -5.99. The van der Waals surface area contributed by atoms with Gasteiger partial charge in [-0.3, -0.25) is 14.6 Å². The summed E-state index contributed by atoms with van der Waals surface area (Å²) < 4.78 is 0. The highest BCUT2D eigenvalue weighted by Crippen LogP contribution is 2.35. The second-order valence-corrected chi connectivity index (χ2v) is 19.8. The molecule has 1 aliphatic rings. The summed E-state index contributed by atoms with van der Waals surface area (Å²) in [5.41, 5.74) is 3.35. The van der Waals surface area contributed by atoms with Crippen LogP contribution >= 0.6 is 0 Å². The Balaban J connectivity index is 1.38. The van der Waals surface area contributed by atoms with Crippen molar-refractivity contribution in [2.24, 2.45) is 4.99 Å². The van der Waals surface area contributed by atoms with E-state index in [0.29, 0.717) is 33.7 Å². The smallest absolute Gasteiger partial charge is 0.283 e. The topological polar surface area (TPSA) is 59.4 Å². The quantitative estimate of drug-likeness (QED) is 0.0914. The van der Waals surface area contributed by atoms with E-state index < -0.39 is 33.5 Å². The van der Waals surface area contributed by atoms with Gasteiger partial charge in [-0.15, -0.1) is 0 Å². The molecular weight excluding hydrogens is 769 g/mol. The van der Waals surface area contributed by atoms with Crippen molar-refractivity contribution in [2.45, 2.75) is 40.9 Å². The number of hydrogen-bond acceptors (Lipinski definition) is 3. The van der Waals surface area contributed by atoms with Crippen molar-refractivity contribution in [2.75, 3.05) is 5.75 Å². The van der Waals surface area contributed by atoms with Crippen LogP contribution < -0.4 is 10.6 Å². The summed E-state index contributed by atoms with van der Waals surface area (Å²) in [6.07, 6.45) is 1.77. The van der Waals surface area contributed by atoms with E-state index in [9.17, 15) is 9.59 Å². The Morgan fingerprint density at radius 2 is 0.759 bits per heavy atom. The molecule has 0 saturated carbocycles. The standard InChI is InChI=1S/C51H39N2O2S3/c54-50-46(36-58(41-28-15-5-16-29-41)42-30-17-6-18-31-42)47-45(35-57(39-24-11-3-12-25-39)40-26-13-4-14-27-40)44(43-32-19-33-52-48(43)49(47)53-51(50)55)34-56(37-20-7-1-8-21-37)38-22-9-2-10-23-38/h1-33H,34-36H2/q+3. The fourth-order valence-electron chi connectivity index (χ4n) is 7.55. The number of carbonyl (C=O) groups is 2. The van der Waals surface area contributed by atoms with Gasteiger partial charge in [0.05, 0.1) is 43.8 Å². The maximum Gasteiger partial charge on any atom is 0.318 e. The molecule has 0 atom stereocenters. The van der Waals surface area contributed by atoms with Crippen molar-refractivity contribution in [3.8, 4) is 0 Å². The number of carbonyl (C=O) groups excluding carboxylic acids is 2. The number of aromatic nitrogens is 1. The summed E-state index contributed by atoms with van der Waals surface area (Å²) >= 11 is 0. The van der Waals surface area contributed by atoms with E-state index in [2.05, 4.69) is 157 Å². The Kier molecular flexibility index (Phi) is 11.2. The third-order valence-electron chi connectivity index (χ3n) is 10.3. The lowest BCUT2D eigenvalue weighted by Crippen LogP contribution is -2.44. The molecule has 0 aliphatic carbocycles. The summed E-state index contributed by atoms with van der Waals surface area (Å²) in [6, 6.07) is 67.5. The second-order valence-electron chi connectivity index (χ2n) is 13.8. The summed E-state index contributed by atoms with van der Waals surface area (Å²) in [5, 5.41) is 2.23. The molecule has 1 aromatic heterocycles. The highest BCUT2D eigenvalue weighted by Gasteiger charge is 2.39. The molecule has 0 unspecified atom stereocenters. The van der Waals surface area contributed by atoms with Gasteiger partial charge in [0, 0.05) is 27.9 Å². The molecule has 7 aromatic carbocycles. The van der Waals surface area contributed by atoms with Gasteiger partial charge in [-0.05, 0) is 78.9 Å². The molecule has 8 aromatic rings. The summed E-state index contributed by atoms with van der Waals surface area (Å²) in [4.78, 5) is 45.3. The normalized spacial score (nSPS) is 12.6. The number of pyridine rings is 1. The molecule has 0 spiro atoms. The first-order chi connectivity index (χ1) is 28.6. The molecule has 4 nitrogen and oxygen atoms in total. The van der Waals surface area contributed by atoms with Gasteiger partial charge in [0.25, 0.3) is 5.78 Å². The van der Waals surface area contributed by atoms with Gasteiger partial charge in [0.1, 0.15) is 22.6 Å². The minimum absolute atomic E-state index is 0.361. The van der Waals surface area contributed by atoms with Crippen molar-refractivity contribution in [1.29, 1.82) is 0 Å². The molecule has 2 heterocycles. The Morgan fingerprint density at radius 1 is 0.397 bits per heavy atom. The van der Waals surface area contributed by atoms with Crippen LogP contribution in [0.2, 0.25) is 0 Å². The van der Waals surface area contributed by atoms with Crippen LogP contribution in [0.25, 0.3) is 16.5 Å². The molecular formula is C51H39N2O2S3+3. The van der Waals surface area contributed by atoms with E-state index in [1.165, 1.54) is 19.6 Å². The Labute approximate surface area is 347 Å². The van der Waals surface area contributed by atoms with Gasteiger partial charge in [0.15, 0.2) is 29.4 Å². The van der Waals surface area contributed by atoms with Crippen molar-refractivity contribution in [3.63, 3.8) is 0 Å². The van der Waals surface area contributed by atoms with E-state index in [0.717, 1.165) is 31.5 Å². The van der Waals surface area contributed by atoms with Gasteiger partial charge >= 0.3 is 5.91 Å². The van der Waals surface area contributed by atoms with Crippen LogP contribution in [0, 0.1) is 0 Å². The van der Waals surface area contributed by atoms with Crippen molar-refractivity contribution in [3.05, 3.63) is 222 Å². The minimum atomic E-state index is -0.740. The molecule has 58 heavy (non-hydrogen) atoms. The van der Waals surface area contributed by atoms with E-state index in [4.69, 9.17) is 4.98 Å². The molecule has 280 valence electrons. The first-order valence-corrected chi connectivity index (χ1v) is 23.3. The SMILES string of the molecule is O=C1N=c2c(c(C[S+](c3ccccc3)c3ccccc3)c(C[S+](c3ccccc3)c3ccccc3)c3cccnc23)=C(C[S+](c2ccccc2)c2ccccc2)C1=O. The summed E-state index contributed by atoms with van der Waals surface area (Å²) in [6.45, 7) is 0. The molecule has 0 N–H and O–H groups in total. The van der Waals surface area contributed by atoms with Crippen LogP contribution in [0.5, 0.6) is 0 Å². The van der Waals surface area contributed by atoms with E-state index in [1.54, 1.807) is 6.20 Å². The second kappa shape index (κ2) is 17.2. The lowest BCUT2D eigenvalue weighted by molar-refractivity contribution is -0.132. The lowest BCUT2D eigenvalue weighted by atomic mass is 9.95. The number of ketones is 1. The monoisotopic (exact) mass is 807 g/mol. The van der Waals surface area contributed by atoms with Gasteiger partial charge in [-0.1, -0.05) is 115 Å². The number of amides is 1. The zero-order valence-electron chi connectivity index (χ0n) is 31.6. The fraction of sp³-hybridized carbons (Fsp3) is 0.0588. The zero-order chi connectivity index (χ0) is 39.3. The van der Waals surface area contributed by atoms with Crippen molar-refractivity contribution >= 4 is 60.9 Å². The van der Waals surface area contributed by atoms with Crippen LogP contribution in [-0.2, 0) is 53.8 Å². The molecule has 0 saturated heterocycles. The maximum absolute atomic E-state index is 14.7.